The quantitative estimate of drug-likeness (QED) is 0.848. The molecule has 1 aromatic carbocycles. The molecule has 1 aliphatic carbocycles. The van der Waals surface area contributed by atoms with Gasteiger partial charge in [-0.05, 0) is 24.0 Å². The van der Waals surface area contributed by atoms with Crippen LogP contribution >= 0.6 is 0 Å². The van der Waals surface area contributed by atoms with Crippen LogP contribution in [-0.4, -0.2) is 22.9 Å². The highest BCUT2D eigenvalue weighted by atomic mass is 16.5. The Morgan fingerprint density at radius 2 is 2.05 bits per heavy atom. The molecule has 21 heavy (non-hydrogen) atoms. The zero-order chi connectivity index (χ0) is 15.0. The lowest BCUT2D eigenvalue weighted by Crippen LogP contribution is -2.28. The number of benzene rings is 1. The lowest BCUT2D eigenvalue weighted by Gasteiger charge is -2.29. The predicted octanol–water partition coefficient (Wildman–Crippen LogP) is 3.31. The van der Waals surface area contributed by atoms with E-state index in [4.69, 9.17) is 4.74 Å². The molecule has 0 spiro atoms. The lowest BCUT2D eigenvalue weighted by atomic mass is 9.76. The molecule has 0 unspecified atom stereocenters. The van der Waals surface area contributed by atoms with Gasteiger partial charge in [0.25, 0.3) is 0 Å². The first-order valence-electron chi connectivity index (χ1n) is 7.02. The fourth-order valence-corrected chi connectivity index (χ4v) is 2.73. The number of hydrogen-bond donors (Lipinski definition) is 0. The van der Waals surface area contributed by atoms with Crippen molar-refractivity contribution in [1.82, 2.24) is 9.97 Å². The molecule has 0 aliphatic heterocycles. The summed E-state index contributed by atoms with van der Waals surface area (Å²) in [5, 5.41) is 0. The van der Waals surface area contributed by atoms with Crippen LogP contribution in [0.25, 0.3) is 11.4 Å². The summed E-state index contributed by atoms with van der Waals surface area (Å²) in [5.41, 5.74) is 2.38. The van der Waals surface area contributed by atoms with Crippen molar-refractivity contribution in [3.8, 4) is 17.1 Å². The minimum Gasteiger partial charge on any atom is -0.497 e. The number of aromatic nitrogens is 2. The summed E-state index contributed by atoms with van der Waals surface area (Å²) in [4.78, 5) is 21.1. The molecule has 3 rings (SSSR count). The molecular weight excluding hydrogens is 264 g/mol. The maximum Gasteiger partial charge on any atom is 0.166 e. The van der Waals surface area contributed by atoms with Gasteiger partial charge in [-0.25, -0.2) is 9.97 Å². The van der Waals surface area contributed by atoms with Crippen LogP contribution < -0.4 is 4.74 Å². The van der Waals surface area contributed by atoms with Crippen LogP contribution in [-0.2, 0) is 6.42 Å². The molecule has 1 heterocycles. The third kappa shape index (κ3) is 2.66. The van der Waals surface area contributed by atoms with Gasteiger partial charge in [0, 0.05) is 18.2 Å². The maximum atomic E-state index is 12.1. The van der Waals surface area contributed by atoms with E-state index >= 15 is 0 Å². The van der Waals surface area contributed by atoms with E-state index in [9.17, 15) is 4.79 Å². The van der Waals surface area contributed by atoms with Gasteiger partial charge in [0.2, 0.25) is 0 Å². The monoisotopic (exact) mass is 282 g/mol. The summed E-state index contributed by atoms with van der Waals surface area (Å²) in [6, 6.07) is 7.64. The summed E-state index contributed by atoms with van der Waals surface area (Å²) in [7, 11) is 1.63. The fourth-order valence-electron chi connectivity index (χ4n) is 2.73. The van der Waals surface area contributed by atoms with Crippen molar-refractivity contribution in [3.63, 3.8) is 0 Å². The molecule has 0 fully saturated rings. The smallest absolute Gasteiger partial charge is 0.166 e. The summed E-state index contributed by atoms with van der Waals surface area (Å²) in [6.07, 6.45) is 3.02. The second-order valence-corrected chi connectivity index (χ2v) is 6.23. The van der Waals surface area contributed by atoms with Gasteiger partial charge in [-0.2, -0.15) is 0 Å². The fraction of sp³-hybridized carbons (Fsp3) is 0.353. The van der Waals surface area contributed by atoms with Crippen LogP contribution in [0.3, 0.4) is 0 Å². The van der Waals surface area contributed by atoms with Crippen LogP contribution in [0.5, 0.6) is 5.75 Å². The van der Waals surface area contributed by atoms with Gasteiger partial charge in [0.15, 0.2) is 11.6 Å². The number of carbonyl (C=O) groups excluding carboxylic acids is 1. The second kappa shape index (κ2) is 4.95. The van der Waals surface area contributed by atoms with Crippen LogP contribution in [0.1, 0.15) is 36.3 Å². The second-order valence-electron chi connectivity index (χ2n) is 6.23. The zero-order valence-electron chi connectivity index (χ0n) is 12.5. The molecule has 0 atom stereocenters. The molecule has 4 heteroatoms. The van der Waals surface area contributed by atoms with E-state index in [2.05, 4.69) is 23.8 Å². The molecule has 0 bridgehead atoms. The van der Waals surface area contributed by atoms with Crippen LogP contribution in [0.2, 0.25) is 0 Å². The van der Waals surface area contributed by atoms with E-state index in [-0.39, 0.29) is 11.2 Å². The topological polar surface area (TPSA) is 52.1 Å². The first-order chi connectivity index (χ1) is 9.98. The van der Waals surface area contributed by atoms with Crippen LogP contribution in [0, 0.1) is 5.41 Å². The number of hydrogen-bond acceptors (Lipinski definition) is 4. The minimum absolute atomic E-state index is 0.0376. The molecular formula is C17H18N2O2. The van der Waals surface area contributed by atoms with Crippen molar-refractivity contribution in [3.05, 3.63) is 41.7 Å². The average molecular weight is 282 g/mol. The van der Waals surface area contributed by atoms with Gasteiger partial charge in [-0.3, -0.25) is 4.79 Å². The Kier molecular flexibility index (Phi) is 3.24. The summed E-state index contributed by atoms with van der Waals surface area (Å²) >= 11 is 0. The molecule has 0 amide bonds. The van der Waals surface area contributed by atoms with Gasteiger partial charge in [0.1, 0.15) is 5.75 Å². The highest BCUT2D eigenvalue weighted by Crippen LogP contribution is 2.34. The Balaban J connectivity index is 2.05. The van der Waals surface area contributed by atoms with E-state index in [1.165, 1.54) is 0 Å². The van der Waals surface area contributed by atoms with Gasteiger partial charge < -0.3 is 4.74 Å². The SMILES string of the molecule is COc1cccc(-c2ncc3c(n2)CC(C)(C)CC3=O)c1. The number of ether oxygens (including phenoxy) is 1. The van der Waals surface area contributed by atoms with Crippen LogP contribution in [0.15, 0.2) is 30.5 Å². The number of rotatable bonds is 2. The maximum absolute atomic E-state index is 12.1. The summed E-state index contributed by atoms with van der Waals surface area (Å²) < 4.78 is 5.23. The van der Waals surface area contributed by atoms with Gasteiger partial charge in [-0.15, -0.1) is 0 Å². The highest BCUT2D eigenvalue weighted by Gasteiger charge is 2.32. The number of fused-ring (bicyclic) bond motifs is 1. The van der Waals surface area contributed by atoms with Crippen molar-refractivity contribution in [2.45, 2.75) is 26.7 Å². The molecule has 1 aromatic heterocycles. The first kappa shape index (κ1) is 13.7. The Bertz CT molecular complexity index is 708. The molecule has 0 N–H and O–H groups in total. The van der Waals surface area contributed by atoms with E-state index in [0.717, 1.165) is 23.4 Å². The Hall–Kier alpha value is -2.23. The normalized spacial score (nSPS) is 16.4. The predicted molar refractivity (Wildman–Crippen MR) is 80.5 cm³/mol. The molecule has 2 aromatic rings. The number of methoxy groups -OCH3 is 1. The summed E-state index contributed by atoms with van der Waals surface area (Å²) in [6.45, 7) is 4.20. The van der Waals surface area contributed by atoms with E-state index in [1.54, 1.807) is 13.3 Å². The van der Waals surface area contributed by atoms with Gasteiger partial charge in [-0.1, -0.05) is 26.0 Å². The lowest BCUT2D eigenvalue weighted by molar-refractivity contribution is 0.0910. The van der Waals surface area contributed by atoms with Crippen molar-refractivity contribution < 1.29 is 9.53 Å². The van der Waals surface area contributed by atoms with E-state index < -0.39 is 0 Å². The van der Waals surface area contributed by atoms with E-state index in [1.807, 2.05) is 24.3 Å². The average Bonchev–Trinajstić information content (AvgIpc) is 2.45. The Morgan fingerprint density at radius 3 is 2.81 bits per heavy atom. The Labute approximate surface area is 124 Å². The van der Waals surface area contributed by atoms with Gasteiger partial charge in [0.05, 0.1) is 18.4 Å². The molecule has 1 aliphatic rings. The number of nitrogens with zero attached hydrogens (tertiary/aromatic N) is 2. The van der Waals surface area contributed by atoms with Crippen molar-refractivity contribution in [2.75, 3.05) is 7.11 Å². The largest absolute Gasteiger partial charge is 0.497 e. The molecule has 0 saturated carbocycles. The van der Waals surface area contributed by atoms with Crippen molar-refractivity contribution >= 4 is 5.78 Å². The Morgan fingerprint density at radius 1 is 1.24 bits per heavy atom. The van der Waals surface area contributed by atoms with Crippen molar-refractivity contribution in [2.24, 2.45) is 5.41 Å². The molecule has 0 saturated heterocycles. The standard InChI is InChI=1S/C17H18N2O2/c1-17(2)8-14-13(15(20)9-17)10-18-16(19-14)11-5-4-6-12(7-11)21-3/h4-7,10H,8-9H2,1-3H3. The van der Waals surface area contributed by atoms with E-state index in [0.29, 0.717) is 17.8 Å². The summed E-state index contributed by atoms with van der Waals surface area (Å²) in [5.74, 6) is 1.54. The number of carbonyl (C=O) groups is 1. The molecule has 108 valence electrons. The highest BCUT2D eigenvalue weighted by molar-refractivity contribution is 5.98. The van der Waals surface area contributed by atoms with Crippen molar-refractivity contribution in [1.29, 1.82) is 0 Å². The first-order valence-corrected chi connectivity index (χ1v) is 7.02. The molecule has 4 nitrogen and oxygen atoms in total. The zero-order valence-corrected chi connectivity index (χ0v) is 12.5. The van der Waals surface area contributed by atoms with Gasteiger partial charge >= 0.3 is 0 Å². The third-order valence-electron chi connectivity index (χ3n) is 3.78. The molecule has 0 radical (unpaired) electrons. The third-order valence-corrected chi connectivity index (χ3v) is 3.78. The minimum atomic E-state index is -0.0376. The van der Waals surface area contributed by atoms with Crippen LogP contribution in [0.4, 0.5) is 0 Å². The number of ketones is 1. The number of Topliss-reactive ketones (excluding diaryl/α,β-unsaturated/α-hetero) is 1.